The topological polar surface area (TPSA) is 50.4 Å². The molecule has 2 aromatic carbocycles. The summed E-state index contributed by atoms with van der Waals surface area (Å²) >= 11 is 0. The number of benzene rings is 2. The summed E-state index contributed by atoms with van der Waals surface area (Å²) in [6.45, 7) is 5.94. The minimum atomic E-state index is 0. The van der Waals surface area contributed by atoms with Gasteiger partial charge in [-0.3, -0.25) is 4.79 Å². The molecule has 2 N–H and O–H groups in total. The first kappa shape index (κ1) is 19.3. The smallest absolute Gasteiger partial charge is 0.227 e. The van der Waals surface area contributed by atoms with Crippen molar-refractivity contribution in [1.82, 2.24) is 5.32 Å². The van der Waals surface area contributed by atoms with E-state index < -0.39 is 0 Å². The van der Waals surface area contributed by atoms with Crippen LogP contribution in [0.15, 0.2) is 42.5 Å². The normalized spacial score (nSPS) is 14.5. The average molecular weight is 361 g/mol. The lowest BCUT2D eigenvalue weighted by Gasteiger charge is -2.21. The summed E-state index contributed by atoms with van der Waals surface area (Å²) in [4.78, 5) is 12.2. The Morgan fingerprint density at radius 1 is 1.00 bits per heavy atom. The number of ether oxygens (including phenoxy) is 1. The molecule has 134 valence electrons. The van der Waals surface area contributed by atoms with Crippen molar-refractivity contribution in [3.8, 4) is 11.5 Å². The fourth-order valence-corrected chi connectivity index (χ4v) is 3.06. The number of hydrogen-bond acceptors (Lipinski definition) is 3. The van der Waals surface area contributed by atoms with Crippen LogP contribution in [-0.2, 0) is 4.79 Å². The maximum absolute atomic E-state index is 12.2. The van der Waals surface area contributed by atoms with E-state index in [1.54, 1.807) is 0 Å². The lowest BCUT2D eigenvalue weighted by Crippen LogP contribution is -2.34. The maximum Gasteiger partial charge on any atom is 0.227 e. The van der Waals surface area contributed by atoms with Gasteiger partial charge in [0.2, 0.25) is 5.91 Å². The molecule has 1 aliphatic rings. The first-order valence-corrected chi connectivity index (χ1v) is 8.48. The van der Waals surface area contributed by atoms with Gasteiger partial charge >= 0.3 is 0 Å². The predicted octanol–water partition coefficient (Wildman–Crippen LogP) is 4.46. The minimum Gasteiger partial charge on any atom is -0.457 e. The molecule has 0 radical (unpaired) electrons. The summed E-state index contributed by atoms with van der Waals surface area (Å²) in [6, 6.07) is 13.7. The van der Waals surface area contributed by atoms with Crippen LogP contribution in [0.25, 0.3) is 0 Å². The van der Waals surface area contributed by atoms with Crippen molar-refractivity contribution in [3.63, 3.8) is 0 Å². The van der Waals surface area contributed by atoms with Crippen LogP contribution in [0.4, 0.5) is 5.69 Å². The Kier molecular flexibility index (Phi) is 6.85. The maximum atomic E-state index is 12.2. The number of anilines is 1. The molecule has 1 amide bonds. The number of nitrogens with one attached hydrogen (secondary N) is 2. The molecule has 1 saturated heterocycles. The number of carbonyl (C=O) groups excluding carboxylic acids is 1. The first-order chi connectivity index (χ1) is 11.6. The lowest BCUT2D eigenvalue weighted by molar-refractivity contribution is -0.120. The molecule has 0 unspecified atom stereocenters. The van der Waals surface area contributed by atoms with Gasteiger partial charge in [-0.1, -0.05) is 6.07 Å². The summed E-state index contributed by atoms with van der Waals surface area (Å²) in [5.74, 6) is 1.82. The Labute approximate surface area is 155 Å². The van der Waals surface area contributed by atoms with Crippen molar-refractivity contribution < 1.29 is 9.53 Å². The molecule has 0 bridgehead atoms. The Hall–Kier alpha value is -2.04. The van der Waals surface area contributed by atoms with Gasteiger partial charge in [0, 0.05) is 11.6 Å². The van der Waals surface area contributed by atoms with Gasteiger partial charge in [0.15, 0.2) is 0 Å². The first-order valence-electron chi connectivity index (χ1n) is 8.48. The van der Waals surface area contributed by atoms with Crippen LogP contribution in [0.3, 0.4) is 0 Å². The molecule has 4 nitrogen and oxygen atoms in total. The fourth-order valence-electron chi connectivity index (χ4n) is 3.06. The summed E-state index contributed by atoms with van der Waals surface area (Å²) in [5.41, 5.74) is 3.16. The van der Waals surface area contributed by atoms with Gasteiger partial charge in [-0.05, 0) is 87.3 Å². The van der Waals surface area contributed by atoms with E-state index in [9.17, 15) is 4.79 Å². The lowest BCUT2D eigenvalue weighted by atomic mass is 9.97. The van der Waals surface area contributed by atoms with Crippen molar-refractivity contribution in [2.24, 2.45) is 5.92 Å². The fraction of sp³-hybridized carbons (Fsp3) is 0.350. The third-order valence-electron chi connectivity index (χ3n) is 4.26. The second kappa shape index (κ2) is 8.88. The number of rotatable bonds is 4. The van der Waals surface area contributed by atoms with Gasteiger partial charge in [0.1, 0.15) is 11.5 Å². The zero-order valence-electron chi connectivity index (χ0n) is 14.7. The molecule has 0 aliphatic carbocycles. The van der Waals surface area contributed by atoms with Crippen LogP contribution in [0.2, 0.25) is 0 Å². The van der Waals surface area contributed by atoms with Crippen molar-refractivity contribution in [3.05, 3.63) is 53.6 Å². The SMILES string of the molecule is Cc1cc(C)cc(Oc2ccc(NC(=O)C3CCNCC3)cc2)c1.Cl. The number of aryl methyl sites for hydroxylation is 2. The molecule has 2 aromatic rings. The van der Waals surface area contributed by atoms with Gasteiger partial charge in [-0.2, -0.15) is 0 Å². The highest BCUT2D eigenvalue weighted by atomic mass is 35.5. The van der Waals surface area contributed by atoms with E-state index >= 15 is 0 Å². The predicted molar refractivity (Wildman–Crippen MR) is 104 cm³/mol. The molecular formula is C20H25ClN2O2. The Balaban J connectivity index is 0.00000225. The van der Waals surface area contributed by atoms with Crippen LogP contribution < -0.4 is 15.4 Å². The van der Waals surface area contributed by atoms with Crippen molar-refractivity contribution >= 4 is 24.0 Å². The molecule has 0 aromatic heterocycles. The number of piperidine rings is 1. The van der Waals surface area contributed by atoms with Crippen molar-refractivity contribution in [2.45, 2.75) is 26.7 Å². The average Bonchev–Trinajstić information content (AvgIpc) is 2.56. The zero-order valence-corrected chi connectivity index (χ0v) is 15.5. The largest absolute Gasteiger partial charge is 0.457 e. The molecule has 3 rings (SSSR count). The van der Waals surface area contributed by atoms with Gasteiger partial charge in [-0.15, -0.1) is 12.4 Å². The molecule has 0 spiro atoms. The van der Waals surface area contributed by atoms with Crippen molar-refractivity contribution in [1.29, 1.82) is 0 Å². The second-order valence-electron chi connectivity index (χ2n) is 6.46. The summed E-state index contributed by atoms with van der Waals surface area (Å²) in [5, 5.41) is 6.27. The van der Waals surface area contributed by atoms with Gasteiger partial charge in [0.25, 0.3) is 0 Å². The molecule has 1 fully saturated rings. The standard InChI is InChI=1S/C20H24N2O2.ClH/c1-14-11-15(2)13-19(12-14)24-18-5-3-17(4-6-18)22-20(23)16-7-9-21-10-8-16;/h3-6,11-13,16,21H,7-10H2,1-2H3,(H,22,23);1H. The van der Waals surface area contributed by atoms with E-state index in [1.165, 1.54) is 11.1 Å². The van der Waals surface area contributed by atoms with E-state index in [0.717, 1.165) is 43.1 Å². The molecule has 0 atom stereocenters. The van der Waals surface area contributed by atoms with Crippen LogP contribution >= 0.6 is 12.4 Å². The number of halogens is 1. The van der Waals surface area contributed by atoms with E-state index in [2.05, 4.69) is 30.5 Å². The van der Waals surface area contributed by atoms with Crippen molar-refractivity contribution in [2.75, 3.05) is 18.4 Å². The van der Waals surface area contributed by atoms with Crippen LogP contribution in [-0.4, -0.2) is 19.0 Å². The van der Waals surface area contributed by atoms with E-state index in [1.807, 2.05) is 36.4 Å². The monoisotopic (exact) mass is 360 g/mol. The van der Waals surface area contributed by atoms with Gasteiger partial charge in [-0.25, -0.2) is 0 Å². The molecular weight excluding hydrogens is 336 g/mol. The Morgan fingerprint density at radius 3 is 2.20 bits per heavy atom. The highest BCUT2D eigenvalue weighted by molar-refractivity contribution is 5.92. The zero-order chi connectivity index (χ0) is 16.9. The molecule has 0 saturated carbocycles. The van der Waals surface area contributed by atoms with E-state index in [0.29, 0.717) is 0 Å². The van der Waals surface area contributed by atoms with Crippen LogP contribution in [0.1, 0.15) is 24.0 Å². The van der Waals surface area contributed by atoms with E-state index in [4.69, 9.17) is 4.74 Å². The molecule has 25 heavy (non-hydrogen) atoms. The molecule has 5 heteroatoms. The summed E-state index contributed by atoms with van der Waals surface area (Å²) in [7, 11) is 0. The van der Waals surface area contributed by atoms with Crippen LogP contribution in [0.5, 0.6) is 11.5 Å². The molecule has 1 aliphatic heterocycles. The van der Waals surface area contributed by atoms with Crippen LogP contribution in [0, 0.1) is 19.8 Å². The van der Waals surface area contributed by atoms with Gasteiger partial charge < -0.3 is 15.4 Å². The Morgan fingerprint density at radius 2 is 1.60 bits per heavy atom. The number of hydrogen-bond donors (Lipinski definition) is 2. The second-order valence-corrected chi connectivity index (χ2v) is 6.46. The molecule has 1 heterocycles. The quantitative estimate of drug-likeness (QED) is 0.846. The van der Waals surface area contributed by atoms with E-state index in [-0.39, 0.29) is 24.2 Å². The highest BCUT2D eigenvalue weighted by Gasteiger charge is 2.20. The summed E-state index contributed by atoms with van der Waals surface area (Å²) < 4.78 is 5.90. The highest BCUT2D eigenvalue weighted by Crippen LogP contribution is 2.25. The van der Waals surface area contributed by atoms with Gasteiger partial charge in [0.05, 0.1) is 0 Å². The number of amides is 1. The summed E-state index contributed by atoms with van der Waals surface area (Å²) in [6.07, 6.45) is 1.81. The third kappa shape index (κ3) is 5.48. The third-order valence-corrected chi connectivity index (χ3v) is 4.26. The Bertz CT molecular complexity index is 690. The minimum absolute atomic E-state index is 0. The number of carbonyl (C=O) groups is 1.